The van der Waals surface area contributed by atoms with Crippen LogP contribution in [0.1, 0.15) is 23.2 Å². The van der Waals surface area contributed by atoms with E-state index in [9.17, 15) is 18.0 Å². The van der Waals surface area contributed by atoms with E-state index in [1.54, 1.807) is 12.1 Å². The van der Waals surface area contributed by atoms with Gasteiger partial charge in [-0.25, -0.2) is 13.2 Å². The quantitative estimate of drug-likeness (QED) is 0.685. The molecule has 27 heavy (non-hydrogen) atoms. The van der Waals surface area contributed by atoms with E-state index < -0.39 is 22.6 Å². The molecule has 0 aromatic heterocycles. The molecule has 1 aliphatic carbocycles. The summed E-state index contributed by atoms with van der Waals surface area (Å²) in [5.74, 6) is -1.18. The van der Waals surface area contributed by atoms with Gasteiger partial charge in [0.1, 0.15) is 0 Å². The number of nitrogens with one attached hydrogen (secondary N) is 2. The first-order chi connectivity index (χ1) is 12.8. The standard InChI is InChI=1S/C18H17ClN2O5S/c19-12-5-9-14(10-6-12)27(24,25)21-16-4-2-1-3-15(16)18(23)26-11-17(22)20-13-7-8-13/h1-6,9-10,13,21H,7-8,11H2,(H,20,22). The van der Waals surface area contributed by atoms with Gasteiger partial charge in [0.15, 0.2) is 6.61 Å². The molecule has 2 N–H and O–H groups in total. The third kappa shape index (κ3) is 5.21. The highest BCUT2D eigenvalue weighted by molar-refractivity contribution is 7.92. The molecule has 1 amide bonds. The molecule has 0 spiro atoms. The molecular weight excluding hydrogens is 392 g/mol. The van der Waals surface area contributed by atoms with Crippen LogP contribution in [-0.4, -0.2) is 32.9 Å². The second-order valence-corrected chi connectivity index (χ2v) is 8.14. The summed E-state index contributed by atoms with van der Waals surface area (Å²) >= 11 is 5.78. The van der Waals surface area contributed by atoms with E-state index in [0.29, 0.717) is 5.02 Å². The first-order valence-corrected chi connectivity index (χ1v) is 10.1. The van der Waals surface area contributed by atoms with Gasteiger partial charge >= 0.3 is 5.97 Å². The zero-order valence-corrected chi connectivity index (χ0v) is 15.7. The maximum atomic E-state index is 12.5. The van der Waals surface area contributed by atoms with Gasteiger partial charge < -0.3 is 10.1 Å². The Bertz CT molecular complexity index is 956. The summed E-state index contributed by atoms with van der Waals surface area (Å²) < 4.78 is 32.4. The second-order valence-electron chi connectivity index (χ2n) is 6.02. The maximum absolute atomic E-state index is 12.5. The van der Waals surface area contributed by atoms with Gasteiger partial charge in [0.05, 0.1) is 16.1 Å². The molecule has 7 nitrogen and oxygen atoms in total. The molecule has 0 unspecified atom stereocenters. The SMILES string of the molecule is O=C(COC(=O)c1ccccc1NS(=O)(=O)c1ccc(Cl)cc1)NC1CC1. The number of halogens is 1. The molecule has 0 atom stereocenters. The topological polar surface area (TPSA) is 102 Å². The van der Waals surface area contributed by atoms with Gasteiger partial charge in [-0.15, -0.1) is 0 Å². The Morgan fingerprint density at radius 1 is 1.07 bits per heavy atom. The van der Waals surface area contributed by atoms with Gasteiger partial charge in [-0.3, -0.25) is 9.52 Å². The summed E-state index contributed by atoms with van der Waals surface area (Å²) in [5, 5.41) is 3.11. The summed E-state index contributed by atoms with van der Waals surface area (Å²) in [5.41, 5.74) is 0.0642. The monoisotopic (exact) mass is 408 g/mol. The molecule has 2 aromatic carbocycles. The van der Waals surface area contributed by atoms with Crippen LogP contribution in [0.5, 0.6) is 0 Å². The molecular formula is C18H17ClN2O5S. The van der Waals surface area contributed by atoms with Crippen LogP contribution >= 0.6 is 11.6 Å². The summed E-state index contributed by atoms with van der Waals surface area (Å²) in [7, 11) is -3.92. The lowest BCUT2D eigenvalue weighted by atomic mass is 10.2. The Kier molecular flexibility index (Phi) is 5.67. The maximum Gasteiger partial charge on any atom is 0.340 e. The molecule has 1 fully saturated rings. The number of esters is 1. The van der Waals surface area contributed by atoms with Crippen molar-refractivity contribution in [2.24, 2.45) is 0 Å². The number of benzene rings is 2. The van der Waals surface area contributed by atoms with Gasteiger partial charge in [0, 0.05) is 11.1 Å². The summed E-state index contributed by atoms with van der Waals surface area (Å²) in [6.45, 7) is -0.423. The van der Waals surface area contributed by atoms with Crippen LogP contribution in [0.15, 0.2) is 53.4 Å². The molecule has 0 radical (unpaired) electrons. The van der Waals surface area contributed by atoms with E-state index in [-0.39, 0.29) is 28.1 Å². The lowest BCUT2D eigenvalue weighted by Gasteiger charge is -2.12. The minimum absolute atomic E-state index is 0.00104. The van der Waals surface area contributed by atoms with Crippen molar-refractivity contribution in [2.75, 3.05) is 11.3 Å². The minimum atomic E-state index is -3.92. The number of ether oxygens (including phenoxy) is 1. The average molecular weight is 409 g/mol. The van der Waals surface area contributed by atoms with Crippen molar-refractivity contribution >= 4 is 39.2 Å². The number of anilines is 1. The van der Waals surface area contributed by atoms with Crippen LogP contribution in [-0.2, 0) is 19.6 Å². The number of carbonyl (C=O) groups is 2. The minimum Gasteiger partial charge on any atom is -0.452 e. The van der Waals surface area contributed by atoms with Gasteiger partial charge in [-0.05, 0) is 49.2 Å². The highest BCUT2D eigenvalue weighted by Crippen LogP contribution is 2.22. The van der Waals surface area contributed by atoms with Gasteiger partial charge in [0.25, 0.3) is 15.9 Å². The Labute approximate surface area is 161 Å². The molecule has 0 bridgehead atoms. The van der Waals surface area contributed by atoms with Crippen LogP contribution in [0, 0.1) is 0 Å². The average Bonchev–Trinajstić information content (AvgIpc) is 3.44. The fraction of sp³-hybridized carbons (Fsp3) is 0.222. The number of rotatable bonds is 7. The largest absolute Gasteiger partial charge is 0.452 e. The number of carbonyl (C=O) groups excluding carboxylic acids is 2. The summed E-state index contributed by atoms with van der Waals surface area (Å²) in [6, 6.07) is 11.8. The molecule has 0 aliphatic heterocycles. The fourth-order valence-electron chi connectivity index (χ4n) is 2.27. The van der Waals surface area contributed by atoms with Crippen LogP contribution < -0.4 is 10.0 Å². The molecule has 2 aromatic rings. The van der Waals surface area contributed by atoms with Gasteiger partial charge in [-0.1, -0.05) is 23.7 Å². The van der Waals surface area contributed by atoms with Crippen LogP contribution in [0.25, 0.3) is 0 Å². The van der Waals surface area contributed by atoms with Crippen molar-refractivity contribution in [3.8, 4) is 0 Å². The number of amides is 1. The number of para-hydroxylation sites is 1. The second kappa shape index (κ2) is 7.98. The van der Waals surface area contributed by atoms with Gasteiger partial charge in [0.2, 0.25) is 0 Å². The van der Waals surface area contributed by atoms with Crippen LogP contribution in [0.2, 0.25) is 5.02 Å². The predicted molar refractivity (Wildman–Crippen MR) is 100 cm³/mol. The van der Waals surface area contributed by atoms with Crippen molar-refractivity contribution < 1.29 is 22.7 Å². The number of hydrogen-bond donors (Lipinski definition) is 2. The predicted octanol–water partition coefficient (Wildman–Crippen LogP) is 2.58. The van der Waals surface area contributed by atoms with E-state index in [2.05, 4.69) is 10.0 Å². The summed E-state index contributed by atoms with van der Waals surface area (Å²) in [6.07, 6.45) is 1.85. The highest BCUT2D eigenvalue weighted by atomic mass is 35.5. The van der Waals surface area contributed by atoms with Crippen molar-refractivity contribution in [1.29, 1.82) is 0 Å². The third-order valence-electron chi connectivity index (χ3n) is 3.79. The smallest absolute Gasteiger partial charge is 0.340 e. The van der Waals surface area contributed by atoms with E-state index in [1.165, 1.54) is 36.4 Å². The lowest BCUT2D eigenvalue weighted by Crippen LogP contribution is -2.30. The van der Waals surface area contributed by atoms with Gasteiger partial charge in [-0.2, -0.15) is 0 Å². The van der Waals surface area contributed by atoms with E-state index in [1.807, 2.05) is 0 Å². The van der Waals surface area contributed by atoms with Crippen LogP contribution in [0.4, 0.5) is 5.69 Å². The van der Waals surface area contributed by atoms with Crippen molar-refractivity contribution in [2.45, 2.75) is 23.8 Å². The van der Waals surface area contributed by atoms with E-state index in [0.717, 1.165) is 12.8 Å². The normalized spacial score (nSPS) is 13.7. The molecule has 0 heterocycles. The third-order valence-corrected chi connectivity index (χ3v) is 5.43. The number of sulfonamides is 1. The van der Waals surface area contributed by atoms with E-state index in [4.69, 9.17) is 16.3 Å². The Morgan fingerprint density at radius 3 is 2.41 bits per heavy atom. The lowest BCUT2D eigenvalue weighted by molar-refractivity contribution is -0.124. The first-order valence-electron chi connectivity index (χ1n) is 8.19. The first kappa shape index (κ1) is 19.2. The van der Waals surface area contributed by atoms with Crippen molar-refractivity contribution in [1.82, 2.24) is 5.32 Å². The highest BCUT2D eigenvalue weighted by Gasteiger charge is 2.24. The Morgan fingerprint density at radius 2 is 1.74 bits per heavy atom. The van der Waals surface area contributed by atoms with E-state index >= 15 is 0 Å². The Balaban J connectivity index is 1.71. The Hall–Kier alpha value is -2.58. The molecule has 9 heteroatoms. The zero-order valence-electron chi connectivity index (χ0n) is 14.1. The molecule has 3 rings (SSSR count). The molecule has 1 saturated carbocycles. The molecule has 0 saturated heterocycles. The molecule has 1 aliphatic rings. The zero-order chi connectivity index (χ0) is 19.4. The van der Waals surface area contributed by atoms with Crippen molar-refractivity contribution in [3.05, 3.63) is 59.1 Å². The van der Waals surface area contributed by atoms with Crippen molar-refractivity contribution in [3.63, 3.8) is 0 Å². The fourth-order valence-corrected chi connectivity index (χ4v) is 3.48. The summed E-state index contributed by atoms with van der Waals surface area (Å²) in [4.78, 5) is 23.9. The molecule has 142 valence electrons. The van der Waals surface area contributed by atoms with Crippen LogP contribution in [0.3, 0.4) is 0 Å². The number of hydrogen-bond acceptors (Lipinski definition) is 5.